The Morgan fingerprint density at radius 2 is 0.926 bits per heavy atom. The molecule has 4 aliphatic heterocycles. The lowest BCUT2D eigenvalue weighted by Gasteiger charge is -2.39. The number of nitrogens with two attached hydrogens (primary N) is 2. The van der Waals surface area contributed by atoms with E-state index in [2.05, 4.69) is 65.3 Å². The van der Waals surface area contributed by atoms with Gasteiger partial charge in [0.1, 0.15) is 121 Å². The van der Waals surface area contributed by atoms with E-state index >= 15 is 0 Å². The van der Waals surface area contributed by atoms with Crippen LogP contribution in [0.25, 0.3) is 60.7 Å². The highest BCUT2D eigenvalue weighted by molar-refractivity contribution is 7.52. The molecule has 4 unspecified atom stereocenters. The highest BCUT2D eigenvalue weighted by atomic mass is 35.5. The van der Waals surface area contributed by atoms with Crippen LogP contribution < -0.4 is 27.3 Å². The minimum atomic E-state index is -0.750. The van der Waals surface area contributed by atoms with Crippen LogP contribution in [0.1, 0.15) is 133 Å². The number of aryl methyl sites for hydroxylation is 5. The van der Waals surface area contributed by atoms with E-state index in [1.54, 1.807) is 81.6 Å². The number of amides is 2. The molecule has 7 aromatic heterocycles. The molecular formula is C84H90ClF5N22O18S5. The summed E-state index contributed by atoms with van der Waals surface area (Å²) >= 11 is 2.17. The molecule has 4 aliphatic rings. The molecule has 0 radical (unpaired) electrons. The zero-order valence-corrected chi connectivity index (χ0v) is 78.8. The second-order valence-corrected chi connectivity index (χ2v) is 31.8. The predicted octanol–water partition coefficient (Wildman–Crippen LogP) is 12.1. The quantitative estimate of drug-likeness (QED) is 0.0170. The van der Waals surface area contributed by atoms with Gasteiger partial charge in [-0.2, -0.15) is 67.7 Å². The molecule has 4 bridgehead atoms. The number of nitrogen functional groups attached to an aromatic ring is 2. The smallest absolute Gasteiger partial charge is 0.410 e. The fourth-order valence-electron chi connectivity index (χ4n) is 13.6. The summed E-state index contributed by atoms with van der Waals surface area (Å²) in [5.74, 6) is 3.72. The third-order valence-corrected chi connectivity index (χ3v) is 19.3. The maximum absolute atomic E-state index is 14.5. The van der Waals surface area contributed by atoms with E-state index in [4.69, 9.17) is 96.6 Å². The summed E-state index contributed by atoms with van der Waals surface area (Å²) in [6.07, 6.45) is 16.9. The number of ether oxygens (including phenoxy) is 4. The number of allylic oxidation sites excluding steroid dienone is 1. The Labute approximate surface area is 791 Å². The van der Waals surface area contributed by atoms with Crippen molar-refractivity contribution >= 4 is 126 Å². The highest BCUT2D eigenvalue weighted by Gasteiger charge is 2.47. The summed E-state index contributed by atoms with van der Waals surface area (Å²) in [6.45, 7) is 29.0. The SMILES string of the molecule is CC(C)(C)OC(=O)N1C2CCC1CC(O)C2.Cc1ccc(-n2ncc(C#N)c2N)c(F)c1.Cc1ccc(-n2ncc3c(=O)[nH]cnc32)c(F)c1.Cc1ccc(-n2ncc3c(Cl)ncnc32)c(F)c1.Cc1ccc(-n2ncc3c(OC4CC5CCC(C4)N5C(=O)OC(C)(C)C)ncnc32)c(F)c1.Cc1ccc(NN)c(F)c1.O=S=O.O=S=O.O=S=O.O=S=O.O=S=O.[C-]#[N+]/C(C#N)=C/OCC. The second-order valence-electron chi connectivity index (χ2n) is 30.8. The molecule has 16 rings (SSSR count). The maximum atomic E-state index is 14.5. The number of nitrogens with one attached hydrogen (secondary N) is 2. The first kappa shape index (κ1) is 111. The Balaban J connectivity index is 0.000000280. The monoisotopic (exact) mass is 1980 g/mol. The lowest BCUT2D eigenvalue weighted by atomic mass is 10.00. The van der Waals surface area contributed by atoms with E-state index in [-0.39, 0.29) is 100 Å². The Kier molecular flexibility index (Phi) is 45.0. The van der Waals surface area contributed by atoms with Crippen LogP contribution in [-0.2, 0) is 72.1 Å². The number of hydrazine groups is 1. The van der Waals surface area contributed by atoms with Gasteiger partial charge in [0.05, 0.1) is 67.5 Å². The van der Waals surface area contributed by atoms with E-state index in [0.717, 1.165) is 59.8 Å². The van der Waals surface area contributed by atoms with Crippen LogP contribution in [0.2, 0.25) is 5.15 Å². The number of rotatable bonds is 9. The molecule has 4 fully saturated rings. The maximum Gasteiger partial charge on any atom is 0.410 e. The van der Waals surface area contributed by atoms with Crippen LogP contribution in [0.5, 0.6) is 5.88 Å². The Morgan fingerprint density at radius 1 is 0.563 bits per heavy atom. The second kappa shape index (κ2) is 54.6. The van der Waals surface area contributed by atoms with Gasteiger partial charge in [0.25, 0.3) is 11.3 Å². The standard InChI is InChI=1S/C24H28FN5O3.C12H8ClFN4.C12H9FN4O.C12H21NO3.C11H9FN4.C7H9FN2.C6H6N2O.5O2S/c1-14-5-8-20(19(25)9-14)30-21-18(12-28-30)22(27-13-26-21)32-17-10-15-6-7-16(11-17)29(15)23(31)33-24(2,3)4;1-7-2-3-10(9(14)4-7)18-12-8(5-17-18)11(13)15-6-16-12;1-7-2-3-10(9(13)4-7)17-11-8(5-16-17)12(18)15-6-14-11;1-12(2,3)16-11(15)13-8-4-5-9(13)7-10(14)6-8;1-7-2-3-10(9(12)4-7)16-11(14)8(5-13)6-15-16;1-5-2-3-7(10-9)6(8)4-5;1-3-9-5-6(4-7)8-2;5*1-3-2/h5,8-9,12-13,15-17H,6-7,10-11H2,1-4H3;2-6H,1H3;2-6H,1H3,(H,14,15,18);8-10,14H,4-7H2,1-3H3;2-4,6H,14H2,1H3;2-4,10H,9H2,1H3;5H,3H2,1H3;;;;;/b;;;;;;6-5+;;;;;. The number of H-pyrrole nitrogens is 1. The first-order valence-electron chi connectivity index (χ1n) is 39.7. The predicted molar refractivity (Wildman–Crippen MR) is 483 cm³/mol. The van der Waals surface area contributed by atoms with Crippen molar-refractivity contribution in [2.75, 3.05) is 17.8 Å². The minimum absolute atomic E-state index is 0.0168. The van der Waals surface area contributed by atoms with Crippen molar-refractivity contribution < 1.29 is 97.7 Å². The van der Waals surface area contributed by atoms with E-state index in [9.17, 15) is 41.4 Å². The molecule has 4 atom stereocenters. The van der Waals surface area contributed by atoms with Crippen molar-refractivity contribution in [1.29, 1.82) is 10.5 Å². The fourth-order valence-corrected chi connectivity index (χ4v) is 13.8. The molecule has 0 aliphatic carbocycles. The van der Waals surface area contributed by atoms with Crippen molar-refractivity contribution in [1.82, 2.24) is 78.8 Å². The summed E-state index contributed by atoms with van der Waals surface area (Å²) in [5, 5.41) is 44.7. The molecule has 7 N–H and O–H groups in total. The lowest BCUT2D eigenvalue weighted by Crippen LogP contribution is -2.50. The van der Waals surface area contributed by atoms with Gasteiger partial charge in [0.2, 0.25) is 5.88 Å². The van der Waals surface area contributed by atoms with Gasteiger partial charge >= 0.3 is 70.0 Å². The molecule has 51 heteroatoms. The van der Waals surface area contributed by atoms with E-state index in [1.165, 1.54) is 86.6 Å². The van der Waals surface area contributed by atoms with Crippen LogP contribution in [0.15, 0.2) is 152 Å². The zero-order valence-electron chi connectivity index (χ0n) is 74.0. The largest absolute Gasteiger partial charge is 0.512 e. The molecule has 4 saturated heterocycles. The average molecular weight is 1990 g/mol. The number of carbonyl (C=O) groups is 2. The van der Waals surface area contributed by atoms with Gasteiger partial charge in [-0.05, 0) is 210 Å². The third kappa shape index (κ3) is 32.8. The van der Waals surface area contributed by atoms with E-state index < -0.39 is 80.7 Å². The van der Waals surface area contributed by atoms with Gasteiger partial charge < -0.3 is 50.0 Å². The molecule has 716 valence electrons. The molecule has 135 heavy (non-hydrogen) atoms. The molecular weight excluding hydrogens is 1900 g/mol. The van der Waals surface area contributed by atoms with E-state index in [1.807, 2.05) is 90.3 Å². The van der Waals surface area contributed by atoms with Gasteiger partial charge in [0.15, 0.2) is 16.9 Å². The number of aliphatic hydroxyl groups excluding tert-OH is 1. The molecule has 0 saturated carbocycles. The van der Waals surface area contributed by atoms with Crippen molar-refractivity contribution in [3.05, 3.63) is 236 Å². The van der Waals surface area contributed by atoms with Gasteiger partial charge in [-0.1, -0.05) is 41.9 Å². The number of hydrogen-bond donors (Lipinski definition) is 5. The average Bonchev–Trinajstić information content (AvgIpc) is 1.69. The highest BCUT2D eigenvalue weighted by Crippen LogP contribution is 2.40. The number of benzene rings is 5. The lowest BCUT2D eigenvalue weighted by molar-refractivity contribution is -0.0114. The number of fused-ring (bicyclic) bond motifs is 7. The Bertz CT molecular complexity index is 6400. The van der Waals surface area contributed by atoms with Gasteiger partial charge in [-0.15, -0.1) is 0 Å². The van der Waals surface area contributed by atoms with Crippen LogP contribution >= 0.6 is 11.6 Å². The number of carbonyl (C=O) groups excluding carboxylic acids is 2. The topological polar surface area (TPSA) is 553 Å². The molecule has 40 nitrogen and oxygen atoms in total. The molecule has 12 aromatic rings. The number of anilines is 2. The first-order valence-corrected chi connectivity index (χ1v) is 43.4. The summed E-state index contributed by atoms with van der Waals surface area (Å²) < 4.78 is 179. The van der Waals surface area contributed by atoms with Crippen molar-refractivity contribution in [2.24, 2.45) is 5.84 Å². The Morgan fingerprint density at radius 3 is 1.30 bits per heavy atom. The van der Waals surface area contributed by atoms with Gasteiger partial charge in [0, 0.05) is 37.0 Å². The van der Waals surface area contributed by atoms with Crippen LogP contribution in [0, 0.1) is 92.9 Å². The van der Waals surface area contributed by atoms with Crippen molar-refractivity contribution in [2.45, 2.75) is 182 Å². The van der Waals surface area contributed by atoms with Gasteiger partial charge in [-0.3, -0.25) is 10.6 Å². The molecule has 11 heterocycles. The summed E-state index contributed by atoms with van der Waals surface area (Å²) in [5.41, 5.74) is 13.9. The molecule has 2 amide bonds. The van der Waals surface area contributed by atoms with Crippen LogP contribution in [-0.4, -0.2) is 192 Å². The summed E-state index contributed by atoms with van der Waals surface area (Å²) in [7, 11) is 0. The number of piperidine rings is 2. The Hall–Kier alpha value is -14.3. The number of aromatic nitrogens is 14. The number of halogens is 6. The number of nitriles is 2. The first-order chi connectivity index (χ1) is 64.2. The molecule has 5 aromatic carbocycles. The van der Waals surface area contributed by atoms with Crippen LogP contribution in [0.4, 0.5) is 43.0 Å². The molecule has 0 spiro atoms. The van der Waals surface area contributed by atoms with Gasteiger partial charge in [-0.25, -0.2) is 85.3 Å². The third-order valence-electron chi connectivity index (χ3n) is 19.0. The number of aliphatic hydroxyl groups is 1. The number of nitrogens with zero attached hydrogens (tertiary/aromatic N) is 18. The fraction of sp³-hybridized carbons (Fsp3) is 0.345. The normalized spacial score (nSPS) is 15.5. The summed E-state index contributed by atoms with van der Waals surface area (Å²) in [6, 6.07) is 28.4. The van der Waals surface area contributed by atoms with Crippen molar-refractivity contribution in [3.63, 3.8) is 0 Å². The summed E-state index contributed by atoms with van der Waals surface area (Å²) in [4.78, 5) is 65.9. The van der Waals surface area contributed by atoms with Crippen molar-refractivity contribution in [3.8, 4) is 40.8 Å². The van der Waals surface area contributed by atoms with Crippen LogP contribution in [0.3, 0.4) is 0 Å². The van der Waals surface area contributed by atoms with E-state index in [0.29, 0.717) is 93.5 Å². The number of hydrogen-bond acceptors (Lipinski definition) is 32. The zero-order chi connectivity index (χ0) is 101. The number of aromatic amines is 1. The minimum Gasteiger partial charge on any atom is -0.512 e.